The lowest BCUT2D eigenvalue weighted by Gasteiger charge is -2.37. The lowest BCUT2D eigenvalue weighted by molar-refractivity contribution is -0.134. The fourth-order valence-corrected chi connectivity index (χ4v) is 2.56. The Morgan fingerprint density at radius 3 is 2.67 bits per heavy atom. The van der Waals surface area contributed by atoms with Crippen LogP contribution >= 0.6 is 0 Å². The minimum absolute atomic E-state index is 0.115. The van der Waals surface area contributed by atoms with E-state index in [9.17, 15) is 4.79 Å². The van der Waals surface area contributed by atoms with Crippen molar-refractivity contribution in [3.63, 3.8) is 0 Å². The number of amides is 1. The van der Waals surface area contributed by atoms with Gasteiger partial charge < -0.3 is 10.2 Å². The normalized spacial score (nSPS) is 25.8. The Labute approximate surface area is 108 Å². The summed E-state index contributed by atoms with van der Waals surface area (Å²) in [6.07, 6.45) is 3.51. The van der Waals surface area contributed by atoms with Crippen molar-refractivity contribution in [1.82, 2.24) is 15.2 Å². The van der Waals surface area contributed by atoms with Crippen molar-refractivity contribution in [3.8, 4) is 0 Å². The first-order chi connectivity index (χ1) is 8.58. The molecule has 1 aromatic rings. The molecule has 1 saturated heterocycles. The van der Waals surface area contributed by atoms with E-state index in [0.29, 0.717) is 12.1 Å². The summed E-state index contributed by atoms with van der Waals surface area (Å²) in [5, 5.41) is 3.44. The summed E-state index contributed by atoms with van der Waals surface area (Å²) in [6.45, 7) is 7.76. The monoisotopic (exact) mass is 247 g/mol. The van der Waals surface area contributed by atoms with Gasteiger partial charge in [0.2, 0.25) is 5.91 Å². The largest absolute Gasteiger partial charge is 0.339 e. The van der Waals surface area contributed by atoms with Crippen LogP contribution in [-0.2, 0) is 4.79 Å². The quantitative estimate of drug-likeness (QED) is 0.859. The molecule has 0 spiro atoms. The molecule has 0 radical (unpaired) electrons. The van der Waals surface area contributed by atoms with Gasteiger partial charge in [-0.05, 0) is 32.4 Å². The van der Waals surface area contributed by atoms with Crippen LogP contribution in [0.2, 0.25) is 0 Å². The fraction of sp³-hybridized carbons (Fsp3) is 0.571. The second-order valence-electron chi connectivity index (χ2n) is 5.22. The Hall–Kier alpha value is -1.42. The van der Waals surface area contributed by atoms with Gasteiger partial charge in [0.15, 0.2) is 0 Å². The molecule has 0 bridgehead atoms. The van der Waals surface area contributed by atoms with Crippen LogP contribution in [0.3, 0.4) is 0 Å². The van der Waals surface area contributed by atoms with E-state index in [1.54, 1.807) is 12.4 Å². The first-order valence-electron chi connectivity index (χ1n) is 6.52. The molecule has 0 aliphatic carbocycles. The van der Waals surface area contributed by atoms with E-state index in [4.69, 9.17) is 0 Å². The van der Waals surface area contributed by atoms with Crippen LogP contribution in [0, 0.1) is 0 Å². The molecule has 1 amide bonds. The lowest BCUT2D eigenvalue weighted by atomic mass is 10.0. The third kappa shape index (κ3) is 2.88. The number of hydrogen-bond donors (Lipinski definition) is 1. The topological polar surface area (TPSA) is 45.2 Å². The van der Waals surface area contributed by atoms with E-state index in [-0.39, 0.29) is 11.8 Å². The van der Waals surface area contributed by atoms with Crippen molar-refractivity contribution in [2.75, 3.05) is 13.1 Å². The molecule has 2 rings (SSSR count). The number of pyridine rings is 1. The zero-order valence-corrected chi connectivity index (χ0v) is 11.3. The maximum absolute atomic E-state index is 12.5. The number of hydrogen-bond acceptors (Lipinski definition) is 3. The molecule has 4 nitrogen and oxygen atoms in total. The van der Waals surface area contributed by atoms with Crippen molar-refractivity contribution in [2.45, 2.75) is 38.8 Å². The summed E-state index contributed by atoms with van der Waals surface area (Å²) in [5.41, 5.74) is 0.987. The lowest BCUT2D eigenvalue weighted by Crippen LogP contribution is -2.56. The van der Waals surface area contributed by atoms with Crippen LogP contribution in [0.25, 0.3) is 0 Å². The summed E-state index contributed by atoms with van der Waals surface area (Å²) >= 11 is 0. The van der Waals surface area contributed by atoms with Gasteiger partial charge in [0.25, 0.3) is 0 Å². The standard InChI is InChI=1S/C14H21N3O/c1-10-8-17(9-11(2)16-10)14(18)12(3)13-5-4-6-15-7-13/h4-7,10-12,16H,8-9H2,1-3H3/t10-,11-,12-/m1/s1. The second kappa shape index (κ2) is 5.48. The van der Waals surface area contributed by atoms with E-state index in [1.165, 1.54) is 0 Å². The molecular formula is C14H21N3O. The maximum Gasteiger partial charge on any atom is 0.229 e. The van der Waals surface area contributed by atoms with Crippen molar-refractivity contribution < 1.29 is 4.79 Å². The maximum atomic E-state index is 12.5. The van der Waals surface area contributed by atoms with Gasteiger partial charge in [-0.15, -0.1) is 0 Å². The SMILES string of the molecule is C[C@@H]1CN(C(=O)[C@H](C)c2cccnc2)C[C@@H](C)N1. The molecule has 0 saturated carbocycles. The van der Waals surface area contributed by atoms with Crippen LogP contribution < -0.4 is 5.32 Å². The Bertz CT molecular complexity index is 397. The minimum Gasteiger partial charge on any atom is -0.339 e. The molecule has 4 heteroatoms. The molecule has 3 atom stereocenters. The Morgan fingerprint density at radius 2 is 2.11 bits per heavy atom. The molecule has 0 unspecified atom stereocenters. The summed E-state index contributed by atoms with van der Waals surface area (Å²) in [4.78, 5) is 18.5. The molecule has 1 aliphatic rings. The van der Waals surface area contributed by atoms with Crippen molar-refractivity contribution in [3.05, 3.63) is 30.1 Å². The van der Waals surface area contributed by atoms with E-state index in [2.05, 4.69) is 24.1 Å². The highest BCUT2D eigenvalue weighted by Gasteiger charge is 2.28. The third-order valence-electron chi connectivity index (χ3n) is 3.42. The van der Waals surface area contributed by atoms with Crippen LogP contribution in [0.1, 0.15) is 32.3 Å². The fourth-order valence-electron chi connectivity index (χ4n) is 2.56. The molecule has 0 aromatic carbocycles. The number of nitrogens with one attached hydrogen (secondary N) is 1. The zero-order chi connectivity index (χ0) is 13.1. The summed E-state index contributed by atoms with van der Waals surface area (Å²) < 4.78 is 0. The summed E-state index contributed by atoms with van der Waals surface area (Å²) in [5.74, 6) is 0.0828. The summed E-state index contributed by atoms with van der Waals surface area (Å²) in [7, 11) is 0. The highest BCUT2D eigenvalue weighted by atomic mass is 16.2. The Morgan fingerprint density at radius 1 is 1.44 bits per heavy atom. The number of piperazine rings is 1. The number of carbonyl (C=O) groups excluding carboxylic acids is 1. The van der Waals surface area contributed by atoms with Crippen LogP contribution in [0.15, 0.2) is 24.5 Å². The van der Waals surface area contributed by atoms with Gasteiger partial charge in [-0.1, -0.05) is 6.07 Å². The van der Waals surface area contributed by atoms with Gasteiger partial charge in [-0.3, -0.25) is 9.78 Å². The highest BCUT2D eigenvalue weighted by molar-refractivity contribution is 5.83. The van der Waals surface area contributed by atoms with Crippen molar-refractivity contribution in [2.24, 2.45) is 0 Å². The number of nitrogens with zero attached hydrogens (tertiary/aromatic N) is 2. The van der Waals surface area contributed by atoms with Crippen LogP contribution in [-0.4, -0.2) is 41.0 Å². The first-order valence-corrected chi connectivity index (χ1v) is 6.52. The Balaban J connectivity index is 2.07. The number of aromatic nitrogens is 1. The van der Waals surface area contributed by atoms with Gasteiger partial charge in [0, 0.05) is 37.6 Å². The molecule has 18 heavy (non-hydrogen) atoms. The molecule has 1 aliphatic heterocycles. The first kappa shape index (κ1) is 13.0. The van der Waals surface area contributed by atoms with Crippen molar-refractivity contribution in [1.29, 1.82) is 0 Å². The van der Waals surface area contributed by atoms with Crippen molar-refractivity contribution >= 4 is 5.91 Å². The predicted octanol–water partition coefficient (Wildman–Crippen LogP) is 1.39. The predicted molar refractivity (Wildman–Crippen MR) is 71.3 cm³/mol. The molecule has 2 heterocycles. The average molecular weight is 247 g/mol. The molecular weight excluding hydrogens is 226 g/mol. The Kier molecular flexibility index (Phi) is 3.97. The zero-order valence-electron chi connectivity index (χ0n) is 11.3. The highest BCUT2D eigenvalue weighted by Crippen LogP contribution is 2.18. The molecule has 98 valence electrons. The molecule has 1 N–H and O–H groups in total. The third-order valence-corrected chi connectivity index (χ3v) is 3.42. The smallest absolute Gasteiger partial charge is 0.229 e. The van der Waals surface area contributed by atoms with Crippen LogP contribution in [0.4, 0.5) is 0 Å². The van der Waals surface area contributed by atoms with Crippen LogP contribution in [0.5, 0.6) is 0 Å². The van der Waals surface area contributed by atoms with Gasteiger partial charge in [-0.25, -0.2) is 0 Å². The van der Waals surface area contributed by atoms with Gasteiger partial charge in [0.1, 0.15) is 0 Å². The van der Waals surface area contributed by atoms with E-state index in [1.807, 2.05) is 24.0 Å². The van der Waals surface area contributed by atoms with Gasteiger partial charge in [0.05, 0.1) is 5.92 Å². The number of rotatable bonds is 2. The van der Waals surface area contributed by atoms with E-state index in [0.717, 1.165) is 18.7 Å². The molecule has 1 aromatic heterocycles. The summed E-state index contributed by atoms with van der Waals surface area (Å²) in [6, 6.07) is 4.56. The average Bonchev–Trinajstić information content (AvgIpc) is 2.37. The van der Waals surface area contributed by atoms with E-state index >= 15 is 0 Å². The minimum atomic E-state index is -0.115. The molecule has 1 fully saturated rings. The van der Waals surface area contributed by atoms with E-state index < -0.39 is 0 Å². The van der Waals surface area contributed by atoms with Gasteiger partial charge in [-0.2, -0.15) is 0 Å². The van der Waals surface area contributed by atoms with Gasteiger partial charge >= 0.3 is 0 Å². The number of carbonyl (C=O) groups is 1. The second-order valence-corrected chi connectivity index (χ2v) is 5.22.